The van der Waals surface area contributed by atoms with Crippen LogP contribution in [-0.4, -0.2) is 87.5 Å². The van der Waals surface area contributed by atoms with Crippen LogP contribution in [0.5, 0.6) is 0 Å². The predicted molar refractivity (Wildman–Crippen MR) is 149 cm³/mol. The predicted octanol–water partition coefficient (Wildman–Crippen LogP) is 1.79. The number of benzene rings is 1. The highest BCUT2D eigenvalue weighted by Crippen LogP contribution is 2.18. The highest BCUT2D eigenvalue weighted by Gasteiger charge is 2.29. The largest absolute Gasteiger partial charge is 0.344 e. The number of carbonyl (C=O) groups is 4. The van der Waals surface area contributed by atoms with Crippen molar-refractivity contribution in [2.45, 2.75) is 72.1 Å². The van der Waals surface area contributed by atoms with Gasteiger partial charge in [0.2, 0.25) is 17.7 Å². The normalized spacial score (nSPS) is 15.4. The first-order chi connectivity index (χ1) is 19.0. The molecule has 1 aliphatic heterocycles. The Labute approximate surface area is 234 Å². The molecular formula is C28H40FN7O4. The minimum atomic E-state index is -0.936. The van der Waals surface area contributed by atoms with E-state index < -0.39 is 29.7 Å². The molecule has 0 spiro atoms. The minimum absolute atomic E-state index is 0.0567. The third-order valence-electron chi connectivity index (χ3n) is 7.03. The highest BCUT2D eigenvalue weighted by atomic mass is 19.1. The lowest BCUT2D eigenvalue weighted by atomic mass is 10.0. The summed E-state index contributed by atoms with van der Waals surface area (Å²) in [5.41, 5.74) is 0.762. The monoisotopic (exact) mass is 557 g/mol. The van der Waals surface area contributed by atoms with Crippen LogP contribution in [-0.2, 0) is 27.3 Å². The van der Waals surface area contributed by atoms with Crippen LogP contribution in [0.15, 0.2) is 30.5 Å². The van der Waals surface area contributed by atoms with Gasteiger partial charge in [0.1, 0.15) is 23.6 Å². The van der Waals surface area contributed by atoms with E-state index in [1.54, 1.807) is 24.0 Å². The van der Waals surface area contributed by atoms with Crippen LogP contribution < -0.4 is 16.0 Å². The van der Waals surface area contributed by atoms with E-state index in [0.717, 1.165) is 13.1 Å². The van der Waals surface area contributed by atoms with Crippen molar-refractivity contribution in [2.75, 3.05) is 31.5 Å². The van der Waals surface area contributed by atoms with E-state index in [0.29, 0.717) is 36.9 Å². The first kappa shape index (κ1) is 30.7. The van der Waals surface area contributed by atoms with Crippen LogP contribution >= 0.6 is 0 Å². The molecule has 2 atom stereocenters. The van der Waals surface area contributed by atoms with E-state index in [1.165, 1.54) is 29.9 Å². The number of hydrogen-bond acceptors (Lipinski definition) is 6. The number of aryl methyl sites for hydroxylation is 1. The molecule has 0 unspecified atom stereocenters. The molecule has 11 nitrogen and oxygen atoms in total. The number of carbonyl (C=O) groups excluding carboxylic acids is 4. The number of anilines is 1. The van der Waals surface area contributed by atoms with Gasteiger partial charge >= 0.3 is 0 Å². The maximum absolute atomic E-state index is 15.0. The van der Waals surface area contributed by atoms with Crippen LogP contribution in [0.3, 0.4) is 0 Å². The van der Waals surface area contributed by atoms with Gasteiger partial charge in [-0.05, 0) is 51.5 Å². The summed E-state index contributed by atoms with van der Waals surface area (Å²) in [6.07, 6.45) is 1.83. The molecule has 2 heterocycles. The van der Waals surface area contributed by atoms with Gasteiger partial charge in [0.05, 0.1) is 5.69 Å². The van der Waals surface area contributed by atoms with E-state index in [1.807, 2.05) is 6.92 Å². The van der Waals surface area contributed by atoms with Gasteiger partial charge in [0.25, 0.3) is 5.91 Å². The van der Waals surface area contributed by atoms with Crippen molar-refractivity contribution in [1.29, 1.82) is 0 Å². The fourth-order valence-electron chi connectivity index (χ4n) is 4.55. The summed E-state index contributed by atoms with van der Waals surface area (Å²) < 4.78 is 16.5. The van der Waals surface area contributed by atoms with Crippen molar-refractivity contribution in [3.63, 3.8) is 0 Å². The number of nitrogens with one attached hydrogen (secondary N) is 3. The molecule has 40 heavy (non-hydrogen) atoms. The van der Waals surface area contributed by atoms with Gasteiger partial charge in [-0.15, -0.1) is 0 Å². The molecular weight excluding hydrogens is 517 g/mol. The molecule has 218 valence electrons. The first-order valence-electron chi connectivity index (χ1n) is 13.8. The number of nitrogens with zero attached hydrogens (tertiary/aromatic N) is 4. The Hall–Kier alpha value is -3.80. The number of amides is 4. The SMILES string of the molecule is CCC(=O)N[C@H](Cc1ccc(NC(=O)[C@H](C)NC(=O)c2ccnn2CC)c(F)c1)C(=O)N1CCN(C(C)C)CC1. The summed E-state index contributed by atoms with van der Waals surface area (Å²) in [7, 11) is 0. The van der Waals surface area contributed by atoms with Crippen LogP contribution in [0, 0.1) is 5.82 Å². The molecule has 0 bridgehead atoms. The minimum Gasteiger partial charge on any atom is -0.344 e. The van der Waals surface area contributed by atoms with Gasteiger partial charge < -0.3 is 20.9 Å². The van der Waals surface area contributed by atoms with Gasteiger partial charge in [0, 0.05) is 57.8 Å². The van der Waals surface area contributed by atoms with Gasteiger partial charge in [-0.1, -0.05) is 13.0 Å². The number of aromatic nitrogens is 2. The Kier molecular flexibility index (Phi) is 10.8. The second kappa shape index (κ2) is 14.0. The second-order valence-corrected chi connectivity index (χ2v) is 10.2. The summed E-state index contributed by atoms with van der Waals surface area (Å²) in [6, 6.07) is 4.44. The van der Waals surface area contributed by atoms with Crippen molar-refractivity contribution in [3.8, 4) is 0 Å². The van der Waals surface area contributed by atoms with E-state index in [9.17, 15) is 19.2 Å². The quantitative estimate of drug-likeness (QED) is 0.387. The molecule has 3 rings (SSSR count). The number of piperazine rings is 1. The summed E-state index contributed by atoms with van der Waals surface area (Å²) >= 11 is 0. The van der Waals surface area contributed by atoms with Gasteiger partial charge in [-0.3, -0.25) is 28.8 Å². The van der Waals surface area contributed by atoms with E-state index in [-0.39, 0.29) is 30.3 Å². The van der Waals surface area contributed by atoms with Crippen LogP contribution in [0.4, 0.5) is 10.1 Å². The molecule has 2 aromatic rings. The summed E-state index contributed by atoms with van der Waals surface area (Å²) in [4.78, 5) is 54.7. The molecule has 0 saturated carbocycles. The zero-order valence-corrected chi connectivity index (χ0v) is 23.9. The molecule has 1 fully saturated rings. The zero-order chi connectivity index (χ0) is 29.4. The highest BCUT2D eigenvalue weighted by molar-refractivity contribution is 6.00. The van der Waals surface area contributed by atoms with Gasteiger partial charge in [-0.25, -0.2) is 4.39 Å². The fraction of sp³-hybridized carbons (Fsp3) is 0.536. The van der Waals surface area contributed by atoms with Crippen molar-refractivity contribution < 1.29 is 23.6 Å². The maximum atomic E-state index is 15.0. The van der Waals surface area contributed by atoms with Crippen molar-refractivity contribution >= 4 is 29.3 Å². The molecule has 3 N–H and O–H groups in total. The first-order valence-corrected chi connectivity index (χ1v) is 13.8. The Bertz CT molecular complexity index is 1210. The molecule has 1 aliphatic rings. The number of rotatable bonds is 11. The Balaban J connectivity index is 1.64. The lowest BCUT2D eigenvalue weighted by molar-refractivity contribution is -0.138. The van der Waals surface area contributed by atoms with Crippen molar-refractivity contribution in [1.82, 2.24) is 30.2 Å². The number of halogens is 1. The molecule has 12 heteroatoms. The fourth-order valence-corrected chi connectivity index (χ4v) is 4.55. The van der Waals surface area contributed by atoms with Gasteiger partial charge in [0.15, 0.2) is 0 Å². The zero-order valence-electron chi connectivity index (χ0n) is 23.9. The Morgan fingerprint density at radius 1 is 1.00 bits per heavy atom. The molecule has 0 aliphatic carbocycles. The van der Waals surface area contributed by atoms with Crippen LogP contribution in [0.25, 0.3) is 0 Å². The maximum Gasteiger partial charge on any atom is 0.270 e. The molecule has 0 radical (unpaired) electrons. The lowest BCUT2D eigenvalue weighted by Crippen LogP contribution is -2.56. The smallest absolute Gasteiger partial charge is 0.270 e. The summed E-state index contributed by atoms with van der Waals surface area (Å²) in [5, 5.41) is 11.9. The third kappa shape index (κ3) is 7.87. The topological polar surface area (TPSA) is 129 Å². The Morgan fingerprint density at radius 2 is 1.70 bits per heavy atom. The van der Waals surface area contributed by atoms with Gasteiger partial charge in [-0.2, -0.15) is 5.10 Å². The standard InChI is InChI=1S/C28H40FN7O4/c1-6-25(37)32-23(28(40)35-14-12-34(13-15-35)18(3)4)17-20-8-9-22(21(29)16-20)33-26(38)19(5)31-27(39)24-10-11-30-36(24)7-2/h8-11,16,18-19,23H,6-7,12-15,17H2,1-5H3,(H,31,39)(H,32,37)(H,33,38)/t19-,23+/m0/s1. The summed E-state index contributed by atoms with van der Waals surface area (Å²) in [5.74, 6) is -2.20. The van der Waals surface area contributed by atoms with E-state index in [2.05, 4.69) is 39.8 Å². The average molecular weight is 558 g/mol. The second-order valence-electron chi connectivity index (χ2n) is 10.2. The average Bonchev–Trinajstić information content (AvgIpc) is 3.43. The van der Waals surface area contributed by atoms with E-state index in [4.69, 9.17) is 0 Å². The summed E-state index contributed by atoms with van der Waals surface area (Å²) in [6.45, 7) is 12.4. The van der Waals surface area contributed by atoms with Crippen LogP contribution in [0.1, 0.15) is 57.1 Å². The molecule has 1 aromatic carbocycles. The molecule has 4 amide bonds. The molecule has 1 saturated heterocycles. The van der Waals surface area contributed by atoms with E-state index >= 15 is 4.39 Å². The lowest BCUT2D eigenvalue weighted by Gasteiger charge is -2.38. The van der Waals surface area contributed by atoms with Crippen LogP contribution in [0.2, 0.25) is 0 Å². The van der Waals surface area contributed by atoms with Crippen molar-refractivity contribution in [3.05, 3.63) is 47.5 Å². The molecule has 1 aromatic heterocycles. The van der Waals surface area contributed by atoms with Crippen molar-refractivity contribution in [2.24, 2.45) is 0 Å². The number of hydrogen-bond donors (Lipinski definition) is 3. The third-order valence-corrected chi connectivity index (χ3v) is 7.03. The Morgan fingerprint density at radius 3 is 2.30 bits per heavy atom.